The van der Waals surface area contributed by atoms with Crippen LogP contribution in [-0.2, 0) is 4.79 Å². The Labute approximate surface area is 142 Å². The summed E-state index contributed by atoms with van der Waals surface area (Å²) >= 11 is 0. The highest BCUT2D eigenvalue weighted by molar-refractivity contribution is 5.53. The molecule has 2 saturated carbocycles. The van der Waals surface area contributed by atoms with Crippen LogP contribution in [0.5, 0.6) is 0 Å². The van der Waals surface area contributed by atoms with Gasteiger partial charge < -0.3 is 9.90 Å². The summed E-state index contributed by atoms with van der Waals surface area (Å²) in [6.45, 7) is -0.287. The van der Waals surface area contributed by atoms with Gasteiger partial charge in [0.15, 0.2) is 7.05 Å². The highest BCUT2D eigenvalue weighted by Crippen LogP contribution is 2.26. The summed E-state index contributed by atoms with van der Waals surface area (Å²) < 4.78 is 0. The van der Waals surface area contributed by atoms with E-state index in [4.69, 9.17) is 10.1 Å². The summed E-state index contributed by atoms with van der Waals surface area (Å²) in [5.74, 6) is 0.577. The average Bonchev–Trinajstić information content (AvgIpc) is 2.56. The molecule has 0 amide bonds. The maximum absolute atomic E-state index is 10.2. The van der Waals surface area contributed by atoms with Crippen LogP contribution in [-0.4, -0.2) is 40.9 Å². The summed E-state index contributed by atoms with van der Waals surface area (Å²) in [6.07, 6.45) is 11.9. The van der Waals surface area contributed by atoms with Crippen molar-refractivity contribution in [2.45, 2.75) is 70.3 Å². The fourth-order valence-electron chi connectivity index (χ4n) is 3.09. The first-order chi connectivity index (χ1) is 11.4. The van der Waals surface area contributed by atoms with Gasteiger partial charge in [0.1, 0.15) is 12.4 Å². The van der Waals surface area contributed by atoms with E-state index in [1.54, 1.807) is 0 Å². The number of carbonyl (C=O) groups is 1. The van der Waals surface area contributed by atoms with Crippen LogP contribution in [0.1, 0.15) is 64.2 Å². The summed E-state index contributed by atoms with van der Waals surface area (Å²) in [5.41, 5.74) is 0. The van der Waals surface area contributed by atoms with Crippen molar-refractivity contribution < 1.29 is 19.7 Å². The Balaban J connectivity index is 0.000000379. The van der Waals surface area contributed by atoms with E-state index in [-0.39, 0.29) is 12.5 Å². The zero-order chi connectivity index (χ0) is 18.4. The quantitative estimate of drug-likeness (QED) is 0.474. The normalized spacial score (nSPS) is 19.8. The van der Waals surface area contributed by atoms with Crippen LogP contribution in [0, 0.1) is 32.1 Å². The number of hydrogen-bond acceptors (Lipinski definition) is 6. The van der Waals surface area contributed by atoms with Crippen LogP contribution in [0.3, 0.4) is 0 Å². The van der Waals surface area contributed by atoms with Gasteiger partial charge in [0.05, 0.1) is 0 Å². The van der Waals surface area contributed by atoms with Crippen LogP contribution in [0.2, 0.25) is 0 Å². The maximum Gasteiger partial charge on any atom is 0.229 e. The Morgan fingerprint density at radius 3 is 1.75 bits per heavy atom. The van der Waals surface area contributed by atoms with Crippen molar-refractivity contribution >= 4 is 6.29 Å². The smallest absolute Gasteiger partial charge is 0.229 e. The second kappa shape index (κ2) is 13.8. The van der Waals surface area contributed by atoms with Crippen molar-refractivity contribution in [3.8, 4) is 0 Å². The van der Waals surface area contributed by atoms with Crippen LogP contribution >= 0.6 is 0 Å². The van der Waals surface area contributed by atoms with E-state index >= 15 is 0 Å². The number of rotatable bonds is 4. The Morgan fingerprint density at radius 2 is 1.42 bits per heavy atom. The third-order valence-electron chi connectivity index (χ3n) is 4.37. The lowest BCUT2D eigenvalue weighted by Gasteiger charge is -2.23. The Hall–Kier alpha value is -1.57. The van der Waals surface area contributed by atoms with Gasteiger partial charge in [-0.15, -0.1) is 0 Å². The van der Waals surface area contributed by atoms with Crippen molar-refractivity contribution in [1.29, 1.82) is 0 Å². The van der Waals surface area contributed by atoms with E-state index in [1.165, 1.54) is 25.7 Å². The molecule has 1 N–H and O–H groups in total. The predicted molar refractivity (Wildman–Crippen MR) is 90.0 cm³/mol. The van der Waals surface area contributed by atoms with Gasteiger partial charge in [-0.05, 0) is 31.6 Å². The molecular formula is C16H30N2O6. The SMILES string of the molecule is C[N+](=O)[O-].O=CC1CCCCC1.O=[N+]([O-])C[C@@H](O)C1CCCCC1. The highest BCUT2D eigenvalue weighted by atomic mass is 16.6. The van der Waals surface area contributed by atoms with Crippen LogP contribution in [0.15, 0.2) is 0 Å². The van der Waals surface area contributed by atoms with E-state index in [0.29, 0.717) is 5.92 Å². The van der Waals surface area contributed by atoms with Crippen LogP contribution in [0.4, 0.5) is 0 Å². The van der Waals surface area contributed by atoms with E-state index in [2.05, 4.69) is 0 Å². The van der Waals surface area contributed by atoms with Crippen molar-refractivity contribution in [2.24, 2.45) is 11.8 Å². The van der Waals surface area contributed by atoms with Crippen molar-refractivity contribution in [1.82, 2.24) is 0 Å². The fraction of sp³-hybridized carbons (Fsp3) is 0.938. The molecule has 0 aromatic rings. The molecule has 24 heavy (non-hydrogen) atoms. The molecule has 2 aliphatic carbocycles. The van der Waals surface area contributed by atoms with Crippen LogP contribution in [0.25, 0.3) is 0 Å². The van der Waals surface area contributed by atoms with Crippen molar-refractivity contribution in [3.05, 3.63) is 20.2 Å². The van der Waals surface area contributed by atoms with Gasteiger partial charge in [0.2, 0.25) is 6.54 Å². The van der Waals surface area contributed by atoms with Crippen LogP contribution < -0.4 is 0 Å². The lowest BCUT2D eigenvalue weighted by atomic mass is 9.85. The number of carbonyl (C=O) groups excluding carboxylic acids is 1. The molecule has 0 bridgehead atoms. The first kappa shape index (κ1) is 22.4. The van der Waals surface area contributed by atoms with E-state index in [9.17, 15) is 20.0 Å². The molecule has 2 rings (SSSR count). The molecule has 0 aromatic carbocycles. The molecule has 0 unspecified atom stereocenters. The molecule has 8 heteroatoms. The fourth-order valence-corrected chi connectivity index (χ4v) is 3.09. The molecular weight excluding hydrogens is 316 g/mol. The minimum absolute atomic E-state index is 0.171. The molecule has 0 heterocycles. The van der Waals surface area contributed by atoms with Gasteiger partial charge >= 0.3 is 0 Å². The topological polar surface area (TPSA) is 124 Å². The second-order valence-electron chi connectivity index (χ2n) is 6.45. The third kappa shape index (κ3) is 12.9. The summed E-state index contributed by atoms with van der Waals surface area (Å²) in [7, 11) is 0.889. The molecule has 2 aliphatic rings. The van der Waals surface area contributed by atoms with E-state index < -0.39 is 16.0 Å². The molecule has 140 valence electrons. The summed E-state index contributed by atoms with van der Waals surface area (Å²) in [4.78, 5) is 28.1. The molecule has 0 aromatic heterocycles. The van der Waals surface area contributed by atoms with E-state index in [1.807, 2.05) is 0 Å². The molecule has 2 fully saturated rings. The predicted octanol–water partition coefficient (Wildman–Crippen LogP) is 2.86. The number of nitrogens with zero attached hydrogens (tertiary/aromatic N) is 2. The Morgan fingerprint density at radius 1 is 1.00 bits per heavy atom. The number of hydrogen-bond donors (Lipinski definition) is 1. The number of aldehydes is 1. The van der Waals surface area contributed by atoms with Gasteiger partial charge in [-0.1, -0.05) is 38.5 Å². The molecule has 8 nitrogen and oxygen atoms in total. The summed E-state index contributed by atoms with van der Waals surface area (Å²) in [6, 6.07) is 0. The largest absolute Gasteiger partial charge is 0.386 e. The van der Waals surface area contributed by atoms with Gasteiger partial charge in [0.25, 0.3) is 0 Å². The lowest BCUT2D eigenvalue weighted by molar-refractivity contribution is -0.492. The zero-order valence-electron chi connectivity index (χ0n) is 14.5. The van der Waals surface area contributed by atoms with E-state index in [0.717, 1.165) is 51.9 Å². The van der Waals surface area contributed by atoms with Gasteiger partial charge in [-0.2, -0.15) is 0 Å². The lowest BCUT2D eigenvalue weighted by Crippen LogP contribution is -2.29. The second-order valence-corrected chi connectivity index (χ2v) is 6.45. The van der Waals surface area contributed by atoms with Gasteiger partial charge in [-0.25, -0.2) is 0 Å². The number of aliphatic hydroxyl groups is 1. The Kier molecular flexibility index (Phi) is 12.9. The van der Waals surface area contributed by atoms with Crippen molar-refractivity contribution in [2.75, 3.05) is 13.6 Å². The number of nitro groups is 2. The maximum atomic E-state index is 10.2. The highest BCUT2D eigenvalue weighted by Gasteiger charge is 2.25. The first-order valence-electron chi connectivity index (χ1n) is 8.70. The minimum Gasteiger partial charge on any atom is -0.386 e. The molecule has 0 spiro atoms. The monoisotopic (exact) mass is 346 g/mol. The molecule has 1 atom stereocenters. The van der Waals surface area contributed by atoms with Gasteiger partial charge in [0, 0.05) is 15.8 Å². The number of aliphatic hydroxyl groups excluding tert-OH is 1. The average molecular weight is 346 g/mol. The molecule has 0 radical (unpaired) electrons. The standard InChI is InChI=1S/C8H15NO3.C7H12O.CH3NO2/c10-8(6-9(11)12)7-4-2-1-3-5-7;8-6-7-4-2-1-3-5-7;1-2(3)4/h7-8,10H,1-6H2;6-7H,1-5H2;1H3/t8-;;/m1../s1. The molecule has 0 saturated heterocycles. The third-order valence-corrected chi connectivity index (χ3v) is 4.37. The minimum atomic E-state index is -0.722. The zero-order valence-corrected chi connectivity index (χ0v) is 14.5. The molecule has 0 aliphatic heterocycles. The summed E-state index contributed by atoms with van der Waals surface area (Å²) in [5, 5.41) is 28.3. The first-order valence-corrected chi connectivity index (χ1v) is 8.70. The Bertz CT molecular complexity index is 362. The van der Waals surface area contributed by atoms with Gasteiger partial charge in [-0.3, -0.25) is 20.2 Å². The van der Waals surface area contributed by atoms with Crippen molar-refractivity contribution in [3.63, 3.8) is 0 Å².